The topological polar surface area (TPSA) is 62.6 Å². The third-order valence-electron chi connectivity index (χ3n) is 3.11. The van der Waals surface area contributed by atoms with Gasteiger partial charge < -0.3 is 15.5 Å². The highest BCUT2D eigenvalue weighted by molar-refractivity contribution is 5.92. The zero-order valence-electron chi connectivity index (χ0n) is 12.5. The van der Waals surface area contributed by atoms with Gasteiger partial charge in [-0.05, 0) is 32.4 Å². The molecule has 20 heavy (non-hydrogen) atoms. The van der Waals surface area contributed by atoms with Gasteiger partial charge in [0.25, 0.3) is 11.8 Å². The molecule has 1 aromatic carbocycles. The summed E-state index contributed by atoms with van der Waals surface area (Å²) in [5, 5.41) is 5.64. The lowest BCUT2D eigenvalue weighted by Gasteiger charge is -2.17. The Hall–Kier alpha value is -1.88. The van der Waals surface area contributed by atoms with Gasteiger partial charge in [-0.2, -0.15) is 0 Å². The standard InChI is InChI=1S/C15H23N3O2/c1-4-16-14(19)10-18(5-2)11-15(20)17-13-9-7-6-8-12(13)3/h6-9H,4-5,10-11H2,1-3H3,(H,16,19)(H,17,20)/p+1. The van der Waals surface area contributed by atoms with Crippen LogP contribution in [0, 0.1) is 6.92 Å². The van der Waals surface area contributed by atoms with E-state index in [4.69, 9.17) is 0 Å². The number of hydrogen-bond acceptors (Lipinski definition) is 2. The van der Waals surface area contributed by atoms with Crippen LogP contribution in [-0.4, -0.2) is 38.0 Å². The van der Waals surface area contributed by atoms with E-state index in [0.29, 0.717) is 19.6 Å². The monoisotopic (exact) mass is 278 g/mol. The SMILES string of the molecule is CCNC(=O)C[NH+](CC)CC(=O)Nc1ccccc1C. The van der Waals surface area contributed by atoms with E-state index in [0.717, 1.165) is 22.7 Å². The molecule has 5 heteroatoms. The van der Waals surface area contributed by atoms with Crippen LogP contribution < -0.4 is 15.5 Å². The van der Waals surface area contributed by atoms with E-state index in [2.05, 4.69) is 10.6 Å². The number of likely N-dealkylation sites (N-methyl/N-ethyl adjacent to an activating group) is 2. The molecule has 0 radical (unpaired) electrons. The highest BCUT2D eigenvalue weighted by Gasteiger charge is 2.16. The van der Waals surface area contributed by atoms with Gasteiger partial charge in [0, 0.05) is 12.2 Å². The molecule has 110 valence electrons. The molecule has 1 atom stereocenters. The summed E-state index contributed by atoms with van der Waals surface area (Å²) in [7, 11) is 0. The second-order valence-electron chi connectivity index (χ2n) is 4.77. The van der Waals surface area contributed by atoms with Crippen molar-refractivity contribution < 1.29 is 14.5 Å². The highest BCUT2D eigenvalue weighted by atomic mass is 16.2. The second kappa shape index (κ2) is 8.32. The number of carbonyl (C=O) groups excluding carboxylic acids is 2. The minimum atomic E-state index is -0.0690. The molecular formula is C15H24N3O2+. The van der Waals surface area contributed by atoms with E-state index >= 15 is 0 Å². The van der Waals surface area contributed by atoms with Crippen molar-refractivity contribution >= 4 is 17.5 Å². The summed E-state index contributed by atoms with van der Waals surface area (Å²) in [4.78, 5) is 24.5. The first-order valence-electron chi connectivity index (χ1n) is 7.02. The predicted octanol–water partition coefficient (Wildman–Crippen LogP) is -0.0256. The van der Waals surface area contributed by atoms with Crippen LogP contribution >= 0.6 is 0 Å². The first-order valence-corrected chi connectivity index (χ1v) is 7.02. The minimum absolute atomic E-state index is 0.0203. The zero-order valence-corrected chi connectivity index (χ0v) is 12.5. The van der Waals surface area contributed by atoms with Crippen LogP contribution in [0.1, 0.15) is 19.4 Å². The number of nitrogens with one attached hydrogen (secondary N) is 3. The molecule has 0 aliphatic carbocycles. The van der Waals surface area contributed by atoms with Crippen LogP contribution in [0.2, 0.25) is 0 Å². The molecular weight excluding hydrogens is 254 g/mol. The van der Waals surface area contributed by atoms with Crippen LogP contribution in [-0.2, 0) is 9.59 Å². The number of benzene rings is 1. The quantitative estimate of drug-likeness (QED) is 0.656. The fraction of sp³-hybridized carbons (Fsp3) is 0.467. The van der Waals surface area contributed by atoms with Crippen molar-refractivity contribution in [2.45, 2.75) is 20.8 Å². The number of rotatable bonds is 7. The van der Waals surface area contributed by atoms with Gasteiger partial charge in [0.1, 0.15) is 0 Å². The maximum absolute atomic E-state index is 12.0. The fourth-order valence-electron chi connectivity index (χ4n) is 1.93. The van der Waals surface area contributed by atoms with E-state index in [1.165, 1.54) is 0 Å². The van der Waals surface area contributed by atoms with E-state index in [1.54, 1.807) is 0 Å². The van der Waals surface area contributed by atoms with Crippen molar-refractivity contribution in [2.75, 3.05) is 31.5 Å². The van der Waals surface area contributed by atoms with Gasteiger partial charge in [-0.25, -0.2) is 0 Å². The van der Waals surface area contributed by atoms with Crippen molar-refractivity contribution in [3.05, 3.63) is 29.8 Å². The van der Waals surface area contributed by atoms with Gasteiger partial charge in [-0.1, -0.05) is 18.2 Å². The van der Waals surface area contributed by atoms with Gasteiger partial charge in [0.15, 0.2) is 13.1 Å². The van der Waals surface area contributed by atoms with E-state index in [-0.39, 0.29) is 11.8 Å². The Morgan fingerprint density at radius 3 is 2.35 bits per heavy atom. The minimum Gasteiger partial charge on any atom is -0.351 e. The molecule has 3 N–H and O–H groups in total. The van der Waals surface area contributed by atoms with Crippen molar-refractivity contribution in [3.8, 4) is 0 Å². The lowest BCUT2D eigenvalue weighted by molar-refractivity contribution is -0.881. The summed E-state index contributed by atoms with van der Waals surface area (Å²) in [6, 6.07) is 7.66. The maximum atomic E-state index is 12.0. The van der Waals surface area contributed by atoms with E-state index in [1.807, 2.05) is 45.0 Å². The number of amides is 2. The van der Waals surface area contributed by atoms with Crippen LogP contribution in [0.3, 0.4) is 0 Å². The average molecular weight is 278 g/mol. The Bertz CT molecular complexity index is 460. The van der Waals surface area contributed by atoms with Gasteiger partial charge in [0.05, 0.1) is 6.54 Å². The lowest BCUT2D eigenvalue weighted by atomic mass is 10.2. The molecule has 0 bridgehead atoms. The molecule has 1 unspecified atom stereocenters. The number of carbonyl (C=O) groups is 2. The summed E-state index contributed by atoms with van der Waals surface area (Å²) in [5.74, 6) is -0.0894. The molecule has 0 spiro atoms. The summed E-state index contributed by atoms with van der Waals surface area (Å²) < 4.78 is 0. The molecule has 0 saturated heterocycles. The third kappa shape index (κ3) is 5.40. The lowest BCUT2D eigenvalue weighted by Crippen LogP contribution is -3.14. The third-order valence-corrected chi connectivity index (χ3v) is 3.11. The molecule has 0 aliphatic rings. The molecule has 0 fully saturated rings. The summed E-state index contributed by atoms with van der Waals surface area (Å²) >= 11 is 0. The number of aryl methyl sites for hydroxylation is 1. The van der Waals surface area contributed by atoms with Crippen LogP contribution in [0.15, 0.2) is 24.3 Å². The predicted molar refractivity (Wildman–Crippen MR) is 79.7 cm³/mol. The first-order chi connectivity index (χ1) is 9.56. The molecule has 1 aromatic rings. The highest BCUT2D eigenvalue weighted by Crippen LogP contribution is 2.12. The van der Waals surface area contributed by atoms with Crippen molar-refractivity contribution in [3.63, 3.8) is 0 Å². The summed E-state index contributed by atoms with van der Waals surface area (Å²) in [6.07, 6.45) is 0. The molecule has 0 heterocycles. The normalized spacial score (nSPS) is 11.8. The van der Waals surface area contributed by atoms with Crippen molar-refractivity contribution in [1.29, 1.82) is 0 Å². The Balaban J connectivity index is 2.51. The smallest absolute Gasteiger partial charge is 0.279 e. The summed E-state index contributed by atoms with van der Waals surface area (Å²) in [6.45, 7) is 7.77. The van der Waals surface area contributed by atoms with Crippen molar-refractivity contribution in [1.82, 2.24) is 5.32 Å². The van der Waals surface area contributed by atoms with Crippen molar-refractivity contribution in [2.24, 2.45) is 0 Å². The van der Waals surface area contributed by atoms with Gasteiger partial charge in [-0.15, -0.1) is 0 Å². The van der Waals surface area contributed by atoms with E-state index < -0.39 is 0 Å². The molecule has 5 nitrogen and oxygen atoms in total. The van der Waals surface area contributed by atoms with E-state index in [9.17, 15) is 9.59 Å². The van der Waals surface area contributed by atoms with Crippen LogP contribution in [0.5, 0.6) is 0 Å². The van der Waals surface area contributed by atoms with Gasteiger partial charge in [0.2, 0.25) is 0 Å². The zero-order chi connectivity index (χ0) is 15.0. The Kier molecular flexibility index (Phi) is 6.73. The second-order valence-corrected chi connectivity index (χ2v) is 4.77. The summed E-state index contributed by atoms with van der Waals surface area (Å²) in [5.41, 5.74) is 1.86. The number of para-hydroxylation sites is 1. The van der Waals surface area contributed by atoms with Gasteiger partial charge >= 0.3 is 0 Å². The van der Waals surface area contributed by atoms with Crippen LogP contribution in [0.25, 0.3) is 0 Å². The fourth-order valence-corrected chi connectivity index (χ4v) is 1.93. The molecule has 0 aliphatic heterocycles. The molecule has 1 rings (SSSR count). The largest absolute Gasteiger partial charge is 0.351 e. The Morgan fingerprint density at radius 1 is 1.10 bits per heavy atom. The Labute approximate surface area is 120 Å². The average Bonchev–Trinajstić information content (AvgIpc) is 2.41. The number of quaternary nitrogens is 1. The maximum Gasteiger partial charge on any atom is 0.279 e. The first kappa shape index (κ1) is 16.2. The molecule has 0 aromatic heterocycles. The molecule has 0 saturated carbocycles. The number of hydrogen-bond donors (Lipinski definition) is 3. The number of anilines is 1. The Morgan fingerprint density at radius 2 is 1.75 bits per heavy atom. The van der Waals surface area contributed by atoms with Gasteiger partial charge in [-0.3, -0.25) is 9.59 Å². The van der Waals surface area contributed by atoms with Crippen LogP contribution in [0.4, 0.5) is 5.69 Å². The molecule has 2 amide bonds.